The van der Waals surface area contributed by atoms with Crippen LogP contribution in [0.3, 0.4) is 0 Å². The lowest BCUT2D eigenvalue weighted by Crippen LogP contribution is -1.96. The van der Waals surface area contributed by atoms with E-state index in [0.717, 1.165) is 16.9 Å². The summed E-state index contributed by atoms with van der Waals surface area (Å²) in [6.45, 7) is 5.36. The highest BCUT2D eigenvalue weighted by molar-refractivity contribution is 6.22. The van der Waals surface area contributed by atoms with Gasteiger partial charge in [-0.1, -0.05) is 12.1 Å². The fourth-order valence-electron chi connectivity index (χ4n) is 1.91. The van der Waals surface area contributed by atoms with E-state index in [9.17, 15) is 4.39 Å². The molecule has 90 valence electrons. The van der Waals surface area contributed by atoms with Crippen LogP contribution in [0.1, 0.15) is 33.4 Å². The molecular weight excluding hydrogens is 239 g/mol. The SMILES string of the molecule is Cc1cc(C(Cl)c2cc(C)c(F)c(C)c2)co1. The summed E-state index contributed by atoms with van der Waals surface area (Å²) in [5.74, 6) is 0.655. The largest absolute Gasteiger partial charge is 0.469 e. The summed E-state index contributed by atoms with van der Waals surface area (Å²) in [6, 6.07) is 5.45. The molecule has 1 atom stereocenters. The van der Waals surface area contributed by atoms with E-state index in [1.54, 1.807) is 32.2 Å². The third-order valence-corrected chi connectivity index (χ3v) is 3.30. The Labute approximate surface area is 105 Å². The maximum atomic E-state index is 13.5. The van der Waals surface area contributed by atoms with Gasteiger partial charge in [-0.3, -0.25) is 0 Å². The van der Waals surface area contributed by atoms with Gasteiger partial charge in [-0.15, -0.1) is 11.6 Å². The zero-order valence-corrected chi connectivity index (χ0v) is 10.8. The summed E-state index contributed by atoms with van der Waals surface area (Å²) in [5, 5.41) is -0.301. The van der Waals surface area contributed by atoms with Crippen LogP contribution in [-0.2, 0) is 0 Å². The molecule has 1 unspecified atom stereocenters. The molecule has 0 saturated carbocycles. The second-order valence-electron chi connectivity index (χ2n) is 4.32. The van der Waals surface area contributed by atoms with Gasteiger partial charge < -0.3 is 4.42 Å². The molecule has 3 heteroatoms. The van der Waals surface area contributed by atoms with Gasteiger partial charge in [0.2, 0.25) is 0 Å². The van der Waals surface area contributed by atoms with Crippen molar-refractivity contribution in [1.82, 2.24) is 0 Å². The minimum Gasteiger partial charge on any atom is -0.469 e. The Bertz CT molecular complexity index is 522. The molecule has 0 N–H and O–H groups in total. The molecule has 0 saturated heterocycles. The van der Waals surface area contributed by atoms with Crippen LogP contribution in [0.25, 0.3) is 0 Å². The Morgan fingerprint density at radius 2 is 1.65 bits per heavy atom. The molecule has 2 aromatic rings. The smallest absolute Gasteiger partial charge is 0.129 e. The molecule has 1 aromatic carbocycles. The standard InChI is InChI=1S/C14H14ClFO/c1-8-4-11(5-9(2)14(8)16)13(15)12-6-10(3)17-7-12/h4-7,13H,1-3H3. The van der Waals surface area contributed by atoms with Crippen molar-refractivity contribution in [2.75, 3.05) is 0 Å². The number of alkyl halides is 1. The molecular formula is C14H14ClFO. The van der Waals surface area contributed by atoms with Crippen molar-refractivity contribution in [1.29, 1.82) is 0 Å². The average molecular weight is 253 g/mol. The Hall–Kier alpha value is -1.28. The van der Waals surface area contributed by atoms with E-state index < -0.39 is 0 Å². The van der Waals surface area contributed by atoms with Crippen molar-refractivity contribution in [3.05, 3.63) is 58.3 Å². The Morgan fingerprint density at radius 3 is 2.12 bits per heavy atom. The second-order valence-corrected chi connectivity index (χ2v) is 4.76. The van der Waals surface area contributed by atoms with E-state index in [0.29, 0.717) is 11.1 Å². The minimum absolute atomic E-state index is 0.166. The number of hydrogen-bond donors (Lipinski definition) is 0. The average Bonchev–Trinajstić information content (AvgIpc) is 2.71. The highest BCUT2D eigenvalue weighted by atomic mass is 35.5. The van der Waals surface area contributed by atoms with Crippen LogP contribution < -0.4 is 0 Å². The van der Waals surface area contributed by atoms with Gasteiger partial charge >= 0.3 is 0 Å². The van der Waals surface area contributed by atoms with E-state index in [1.165, 1.54) is 0 Å². The maximum Gasteiger partial charge on any atom is 0.129 e. The monoisotopic (exact) mass is 252 g/mol. The Kier molecular flexibility index (Phi) is 3.25. The van der Waals surface area contributed by atoms with Gasteiger partial charge in [0.25, 0.3) is 0 Å². The van der Waals surface area contributed by atoms with Crippen molar-refractivity contribution in [2.45, 2.75) is 26.1 Å². The summed E-state index contributed by atoms with van der Waals surface area (Å²) in [4.78, 5) is 0. The summed E-state index contributed by atoms with van der Waals surface area (Å²) in [7, 11) is 0. The third kappa shape index (κ3) is 2.37. The van der Waals surface area contributed by atoms with E-state index in [-0.39, 0.29) is 11.2 Å². The first kappa shape index (κ1) is 12.2. The predicted octanol–water partition coefficient (Wildman–Crippen LogP) is 4.67. The first-order chi connectivity index (χ1) is 7.99. The van der Waals surface area contributed by atoms with Crippen molar-refractivity contribution in [2.24, 2.45) is 0 Å². The van der Waals surface area contributed by atoms with Gasteiger partial charge in [0.1, 0.15) is 11.6 Å². The molecule has 0 bridgehead atoms. The summed E-state index contributed by atoms with van der Waals surface area (Å²) < 4.78 is 18.8. The molecule has 0 aliphatic rings. The van der Waals surface area contributed by atoms with Crippen LogP contribution in [0.15, 0.2) is 28.9 Å². The zero-order valence-electron chi connectivity index (χ0n) is 10.1. The van der Waals surface area contributed by atoms with Gasteiger partial charge in [0, 0.05) is 5.56 Å². The lowest BCUT2D eigenvalue weighted by Gasteiger charge is -2.11. The number of aryl methyl sites for hydroxylation is 3. The summed E-state index contributed by atoms with van der Waals surface area (Å²) in [5.41, 5.74) is 3.02. The summed E-state index contributed by atoms with van der Waals surface area (Å²) in [6.07, 6.45) is 1.64. The van der Waals surface area contributed by atoms with Gasteiger partial charge in [0.05, 0.1) is 11.6 Å². The van der Waals surface area contributed by atoms with Gasteiger partial charge in [-0.25, -0.2) is 4.39 Å². The Balaban J connectivity index is 2.41. The van der Waals surface area contributed by atoms with Crippen LogP contribution in [0, 0.1) is 26.6 Å². The number of rotatable bonds is 2. The van der Waals surface area contributed by atoms with E-state index in [4.69, 9.17) is 16.0 Å². The van der Waals surface area contributed by atoms with Crippen LogP contribution in [-0.4, -0.2) is 0 Å². The first-order valence-electron chi connectivity index (χ1n) is 5.45. The molecule has 0 fully saturated rings. The van der Waals surface area contributed by atoms with Gasteiger partial charge in [0.15, 0.2) is 0 Å². The summed E-state index contributed by atoms with van der Waals surface area (Å²) >= 11 is 6.36. The molecule has 1 heterocycles. The number of hydrogen-bond acceptors (Lipinski definition) is 1. The fraction of sp³-hybridized carbons (Fsp3) is 0.286. The topological polar surface area (TPSA) is 13.1 Å². The molecule has 17 heavy (non-hydrogen) atoms. The lowest BCUT2D eigenvalue weighted by atomic mass is 10.0. The third-order valence-electron chi connectivity index (χ3n) is 2.79. The fourth-order valence-corrected chi connectivity index (χ4v) is 2.16. The van der Waals surface area contributed by atoms with E-state index in [1.807, 2.05) is 13.0 Å². The first-order valence-corrected chi connectivity index (χ1v) is 5.88. The Morgan fingerprint density at radius 1 is 1.06 bits per heavy atom. The molecule has 2 rings (SSSR count). The van der Waals surface area contributed by atoms with Gasteiger partial charge in [-0.2, -0.15) is 0 Å². The maximum absolute atomic E-state index is 13.5. The minimum atomic E-state index is -0.301. The molecule has 1 nitrogen and oxygen atoms in total. The molecule has 0 aliphatic heterocycles. The molecule has 0 radical (unpaired) electrons. The van der Waals surface area contributed by atoms with Crippen LogP contribution >= 0.6 is 11.6 Å². The highest BCUT2D eigenvalue weighted by Gasteiger charge is 2.15. The van der Waals surface area contributed by atoms with Gasteiger partial charge in [-0.05, 0) is 43.5 Å². The molecule has 0 amide bonds. The molecule has 0 aliphatic carbocycles. The van der Waals surface area contributed by atoms with Crippen molar-refractivity contribution < 1.29 is 8.81 Å². The predicted molar refractivity (Wildman–Crippen MR) is 67.0 cm³/mol. The number of furan rings is 1. The zero-order chi connectivity index (χ0) is 12.6. The van der Waals surface area contributed by atoms with Crippen LogP contribution in [0.4, 0.5) is 4.39 Å². The highest BCUT2D eigenvalue weighted by Crippen LogP contribution is 2.31. The normalized spacial score (nSPS) is 12.8. The number of halogens is 2. The quantitative estimate of drug-likeness (QED) is 0.708. The van der Waals surface area contributed by atoms with Crippen molar-refractivity contribution in [3.63, 3.8) is 0 Å². The van der Waals surface area contributed by atoms with E-state index in [2.05, 4.69) is 0 Å². The molecule has 0 spiro atoms. The second kappa shape index (κ2) is 4.53. The number of benzene rings is 1. The van der Waals surface area contributed by atoms with Crippen LogP contribution in [0.5, 0.6) is 0 Å². The van der Waals surface area contributed by atoms with Crippen molar-refractivity contribution >= 4 is 11.6 Å². The van der Waals surface area contributed by atoms with Crippen molar-refractivity contribution in [3.8, 4) is 0 Å². The van der Waals surface area contributed by atoms with Crippen LogP contribution in [0.2, 0.25) is 0 Å². The molecule has 1 aromatic heterocycles. The lowest BCUT2D eigenvalue weighted by molar-refractivity contribution is 0.532. The van der Waals surface area contributed by atoms with E-state index >= 15 is 0 Å².